The molecule has 6 nitrogen and oxygen atoms in total. The molecule has 96 valence electrons. The first-order chi connectivity index (χ1) is 9.08. The van der Waals surface area contributed by atoms with Crippen molar-refractivity contribution in [3.63, 3.8) is 0 Å². The van der Waals surface area contributed by atoms with Gasteiger partial charge in [-0.1, -0.05) is 6.07 Å². The number of pyridine rings is 1. The number of aromatic amines is 1. The molecule has 0 fully saturated rings. The summed E-state index contributed by atoms with van der Waals surface area (Å²) >= 11 is 0. The van der Waals surface area contributed by atoms with Gasteiger partial charge in [0, 0.05) is 24.1 Å². The van der Waals surface area contributed by atoms with Crippen LogP contribution in [-0.4, -0.2) is 22.0 Å². The van der Waals surface area contributed by atoms with Gasteiger partial charge in [-0.25, -0.2) is 4.79 Å². The summed E-state index contributed by atoms with van der Waals surface area (Å²) in [4.78, 5) is 36.7. The normalized spacial score (nSPS) is 9.89. The van der Waals surface area contributed by atoms with E-state index in [1.807, 2.05) is 0 Å². The predicted molar refractivity (Wildman–Crippen MR) is 68.4 cm³/mol. The number of carboxylic acids is 1. The molecule has 2 aromatic rings. The molecular formula is C13H10N2O4. The van der Waals surface area contributed by atoms with E-state index in [1.54, 1.807) is 6.07 Å². The number of rotatable bonds is 3. The molecule has 1 amide bonds. The predicted octanol–water partition coefficient (Wildman–Crippen LogP) is 1.33. The SMILES string of the molecule is O=C(O)c1cccc(NC(=O)c2c[nH]ccc2=O)c1. The standard InChI is InChI=1S/C13H10N2O4/c16-11-4-5-14-7-10(11)12(17)15-9-3-1-2-8(6-9)13(18)19/h1-7H,(H,14,16)(H,15,17)(H,18,19). The van der Waals surface area contributed by atoms with Gasteiger partial charge in [0.1, 0.15) is 5.56 Å². The number of amides is 1. The molecule has 0 aliphatic rings. The monoisotopic (exact) mass is 258 g/mol. The lowest BCUT2D eigenvalue weighted by Gasteiger charge is -2.05. The van der Waals surface area contributed by atoms with Gasteiger partial charge < -0.3 is 15.4 Å². The van der Waals surface area contributed by atoms with E-state index in [-0.39, 0.29) is 11.1 Å². The molecule has 6 heteroatoms. The van der Waals surface area contributed by atoms with Crippen LogP contribution in [0.15, 0.2) is 47.5 Å². The molecule has 2 rings (SSSR count). The maximum Gasteiger partial charge on any atom is 0.335 e. The van der Waals surface area contributed by atoms with Crippen LogP contribution >= 0.6 is 0 Å². The van der Waals surface area contributed by atoms with Crippen molar-refractivity contribution >= 4 is 17.6 Å². The van der Waals surface area contributed by atoms with Crippen molar-refractivity contribution in [2.45, 2.75) is 0 Å². The minimum absolute atomic E-state index is 0.0387. The van der Waals surface area contributed by atoms with Gasteiger partial charge in [0.15, 0.2) is 5.43 Å². The first-order valence-corrected chi connectivity index (χ1v) is 5.40. The van der Waals surface area contributed by atoms with Crippen molar-refractivity contribution in [2.75, 3.05) is 5.32 Å². The van der Waals surface area contributed by atoms with Crippen LogP contribution in [0, 0.1) is 0 Å². The van der Waals surface area contributed by atoms with Crippen LogP contribution in [0.5, 0.6) is 0 Å². The average Bonchev–Trinajstić information content (AvgIpc) is 2.39. The summed E-state index contributed by atoms with van der Waals surface area (Å²) in [7, 11) is 0. The summed E-state index contributed by atoms with van der Waals surface area (Å²) < 4.78 is 0. The number of carbonyl (C=O) groups excluding carboxylic acids is 1. The Morgan fingerprint density at radius 1 is 1.21 bits per heavy atom. The molecule has 0 radical (unpaired) electrons. The lowest BCUT2D eigenvalue weighted by atomic mass is 10.2. The zero-order valence-electron chi connectivity index (χ0n) is 9.71. The van der Waals surface area contributed by atoms with Crippen molar-refractivity contribution in [1.29, 1.82) is 0 Å². The molecule has 0 bridgehead atoms. The maximum absolute atomic E-state index is 11.8. The van der Waals surface area contributed by atoms with Gasteiger partial charge in [0.25, 0.3) is 5.91 Å². The Balaban J connectivity index is 2.25. The number of anilines is 1. The topological polar surface area (TPSA) is 99.3 Å². The molecular weight excluding hydrogens is 248 g/mol. The fourth-order valence-electron chi connectivity index (χ4n) is 1.52. The molecule has 1 aromatic heterocycles. The van der Waals surface area contributed by atoms with Gasteiger partial charge in [-0.2, -0.15) is 0 Å². The van der Waals surface area contributed by atoms with Crippen LogP contribution in [-0.2, 0) is 0 Å². The van der Waals surface area contributed by atoms with Crippen molar-refractivity contribution in [3.05, 3.63) is 64.1 Å². The molecule has 19 heavy (non-hydrogen) atoms. The molecule has 0 unspecified atom stereocenters. The Bertz CT molecular complexity index is 691. The van der Waals surface area contributed by atoms with E-state index in [0.717, 1.165) is 0 Å². The second kappa shape index (κ2) is 5.18. The number of nitrogens with one attached hydrogen (secondary N) is 2. The van der Waals surface area contributed by atoms with Gasteiger partial charge in [-0.3, -0.25) is 9.59 Å². The molecule has 0 saturated heterocycles. The van der Waals surface area contributed by atoms with Gasteiger partial charge in [-0.05, 0) is 18.2 Å². The highest BCUT2D eigenvalue weighted by atomic mass is 16.4. The quantitative estimate of drug-likeness (QED) is 0.773. The number of hydrogen-bond donors (Lipinski definition) is 3. The molecule has 0 aliphatic heterocycles. The van der Waals surface area contributed by atoms with Gasteiger partial charge >= 0.3 is 5.97 Å². The van der Waals surface area contributed by atoms with Crippen LogP contribution < -0.4 is 10.7 Å². The second-order valence-corrected chi connectivity index (χ2v) is 3.76. The van der Waals surface area contributed by atoms with Gasteiger partial charge in [0.2, 0.25) is 0 Å². The summed E-state index contributed by atoms with van der Waals surface area (Å²) in [5, 5.41) is 11.3. The molecule has 0 atom stereocenters. The molecule has 1 aromatic carbocycles. The Morgan fingerprint density at radius 3 is 2.68 bits per heavy atom. The van der Waals surface area contributed by atoms with E-state index in [4.69, 9.17) is 5.11 Å². The highest BCUT2D eigenvalue weighted by Crippen LogP contribution is 2.11. The van der Waals surface area contributed by atoms with E-state index >= 15 is 0 Å². The third-order valence-electron chi connectivity index (χ3n) is 2.44. The van der Waals surface area contributed by atoms with Crippen molar-refractivity contribution in [1.82, 2.24) is 4.98 Å². The fraction of sp³-hybridized carbons (Fsp3) is 0. The Labute approximate surface area is 107 Å². The number of hydrogen-bond acceptors (Lipinski definition) is 3. The van der Waals surface area contributed by atoms with Crippen LogP contribution in [0.3, 0.4) is 0 Å². The molecule has 0 saturated carbocycles. The summed E-state index contributed by atoms with van der Waals surface area (Å²) in [5.41, 5.74) is -0.0817. The molecule has 0 spiro atoms. The zero-order valence-corrected chi connectivity index (χ0v) is 9.71. The van der Waals surface area contributed by atoms with Crippen LogP contribution in [0.4, 0.5) is 5.69 Å². The fourth-order valence-corrected chi connectivity index (χ4v) is 1.52. The highest BCUT2D eigenvalue weighted by Gasteiger charge is 2.10. The number of aromatic nitrogens is 1. The lowest BCUT2D eigenvalue weighted by molar-refractivity contribution is 0.0696. The first kappa shape index (κ1) is 12.6. The van der Waals surface area contributed by atoms with Crippen molar-refractivity contribution in [3.8, 4) is 0 Å². The van der Waals surface area contributed by atoms with Gasteiger partial charge in [-0.15, -0.1) is 0 Å². The minimum Gasteiger partial charge on any atom is -0.478 e. The molecule has 1 heterocycles. The number of aromatic carboxylic acids is 1. The third-order valence-corrected chi connectivity index (χ3v) is 2.44. The smallest absolute Gasteiger partial charge is 0.335 e. The largest absolute Gasteiger partial charge is 0.478 e. The third kappa shape index (κ3) is 2.86. The second-order valence-electron chi connectivity index (χ2n) is 3.76. The summed E-state index contributed by atoms with van der Waals surface area (Å²) in [6.07, 6.45) is 2.71. The van der Waals surface area contributed by atoms with Crippen LogP contribution in [0.25, 0.3) is 0 Å². The molecule has 0 aliphatic carbocycles. The first-order valence-electron chi connectivity index (χ1n) is 5.40. The van der Waals surface area contributed by atoms with E-state index < -0.39 is 17.3 Å². The van der Waals surface area contributed by atoms with E-state index in [1.165, 1.54) is 36.7 Å². The van der Waals surface area contributed by atoms with E-state index in [9.17, 15) is 14.4 Å². The highest BCUT2D eigenvalue weighted by molar-refractivity contribution is 6.04. The zero-order chi connectivity index (χ0) is 13.8. The Morgan fingerprint density at radius 2 is 2.00 bits per heavy atom. The van der Waals surface area contributed by atoms with Gasteiger partial charge in [0.05, 0.1) is 5.56 Å². The summed E-state index contributed by atoms with van der Waals surface area (Å²) in [5.74, 6) is -1.68. The summed E-state index contributed by atoms with van der Waals surface area (Å²) in [6.45, 7) is 0. The Kier molecular flexibility index (Phi) is 3.42. The van der Waals surface area contributed by atoms with E-state index in [2.05, 4.69) is 10.3 Å². The minimum atomic E-state index is -1.09. The van der Waals surface area contributed by atoms with Crippen molar-refractivity contribution in [2.24, 2.45) is 0 Å². The molecule has 3 N–H and O–H groups in total. The average molecular weight is 258 g/mol. The van der Waals surface area contributed by atoms with Crippen molar-refractivity contribution < 1.29 is 14.7 Å². The number of carbonyl (C=O) groups is 2. The maximum atomic E-state index is 11.8. The lowest BCUT2D eigenvalue weighted by Crippen LogP contribution is -2.20. The van der Waals surface area contributed by atoms with Crippen LogP contribution in [0.1, 0.15) is 20.7 Å². The summed E-state index contributed by atoms with van der Waals surface area (Å²) in [6, 6.07) is 7.02. The van der Waals surface area contributed by atoms with E-state index in [0.29, 0.717) is 5.69 Å². The Hall–Kier alpha value is -2.89. The number of H-pyrrole nitrogens is 1. The number of carboxylic acid groups (broad SMARTS) is 1. The van der Waals surface area contributed by atoms with Crippen LogP contribution in [0.2, 0.25) is 0 Å². The number of benzene rings is 1.